The van der Waals surface area contributed by atoms with Crippen LogP contribution in [0.4, 0.5) is 10.5 Å². The van der Waals surface area contributed by atoms with Gasteiger partial charge in [-0.3, -0.25) is 4.98 Å². The Balaban J connectivity index is 1.79. The van der Waals surface area contributed by atoms with Crippen molar-refractivity contribution in [2.24, 2.45) is 0 Å². The first-order valence-corrected chi connectivity index (χ1v) is 8.43. The predicted octanol–water partition coefficient (Wildman–Crippen LogP) is 3.78. The molecule has 0 aliphatic heterocycles. The molecule has 0 bridgehead atoms. The minimum absolute atomic E-state index is 0.230. The topological polar surface area (TPSA) is 79.0 Å². The van der Waals surface area contributed by atoms with Crippen molar-refractivity contribution in [2.75, 3.05) is 25.1 Å². The van der Waals surface area contributed by atoms with Crippen molar-refractivity contribution >= 4 is 22.6 Å². The Morgan fingerprint density at radius 2 is 2.12 bits per heavy atom. The molecule has 130 valence electrons. The van der Waals surface area contributed by atoms with Gasteiger partial charge in [0.25, 0.3) is 0 Å². The molecule has 0 fully saturated rings. The summed E-state index contributed by atoms with van der Waals surface area (Å²) in [6.45, 7) is 3.86. The van der Waals surface area contributed by atoms with E-state index in [9.17, 15) is 4.79 Å². The molecule has 1 aromatic carbocycles. The largest absolute Gasteiger partial charge is 0.382 e. The summed E-state index contributed by atoms with van der Waals surface area (Å²) >= 11 is 0. The average molecular weight is 338 g/mol. The zero-order valence-corrected chi connectivity index (χ0v) is 14.2. The molecule has 0 spiro atoms. The van der Waals surface area contributed by atoms with Crippen LogP contribution in [0.25, 0.3) is 22.2 Å². The maximum Gasteiger partial charge on any atom is 0.319 e. The van der Waals surface area contributed by atoms with Gasteiger partial charge in [0.1, 0.15) is 0 Å². The molecule has 3 rings (SSSR count). The fourth-order valence-corrected chi connectivity index (χ4v) is 2.68. The van der Waals surface area contributed by atoms with E-state index < -0.39 is 0 Å². The summed E-state index contributed by atoms with van der Waals surface area (Å²) in [4.78, 5) is 19.8. The van der Waals surface area contributed by atoms with Gasteiger partial charge in [-0.15, -0.1) is 0 Å². The molecule has 0 aliphatic carbocycles. The van der Waals surface area contributed by atoms with Crippen LogP contribution in [0.1, 0.15) is 13.3 Å². The molecule has 2 aromatic heterocycles. The third-order valence-electron chi connectivity index (χ3n) is 3.85. The van der Waals surface area contributed by atoms with Crippen molar-refractivity contribution in [2.45, 2.75) is 13.3 Å². The minimum Gasteiger partial charge on any atom is -0.382 e. The number of pyridine rings is 1. The van der Waals surface area contributed by atoms with Crippen LogP contribution < -0.4 is 10.6 Å². The quantitative estimate of drug-likeness (QED) is 0.574. The first-order valence-electron chi connectivity index (χ1n) is 8.43. The van der Waals surface area contributed by atoms with Crippen LogP contribution in [0.15, 0.2) is 48.8 Å². The number of amides is 2. The smallest absolute Gasteiger partial charge is 0.319 e. The molecule has 3 N–H and O–H groups in total. The van der Waals surface area contributed by atoms with Gasteiger partial charge in [0.15, 0.2) is 0 Å². The molecule has 2 heterocycles. The molecule has 6 heteroatoms. The molecule has 6 nitrogen and oxygen atoms in total. The van der Waals surface area contributed by atoms with Crippen LogP contribution in [0.5, 0.6) is 0 Å². The number of para-hydroxylation sites is 1. The van der Waals surface area contributed by atoms with Crippen LogP contribution in [0, 0.1) is 0 Å². The molecule has 0 aliphatic rings. The second kappa shape index (κ2) is 8.30. The van der Waals surface area contributed by atoms with Gasteiger partial charge < -0.3 is 20.4 Å². The number of aromatic nitrogens is 2. The number of nitrogens with zero attached hydrogens (tertiary/aromatic N) is 1. The highest BCUT2D eigenvalue weighted by atomic mass is 16.5. The molecule has 25 heavy (non-hydrogen) atoms. The third kappa shape index (κ3) is 4.16. The highest BCUT2D eigenvalue weighted by molar-refractivity contribution is 6.07. The van der Waals surface area contributed by atoms with Crippen molar-refractivity contribution < 1.29 is 9.53 Å². The van der Waals surface area contributed by atoms with Gasteiger partial charge in [0.2, 0.25) is 0 Å². The van der Waals surface area contributed by atoms with E-state index in [1.807, 2.05) is 43.3 Å². The van der Waals surface area contributed by atoms with Gasteiger partial charge in [-0.2, -0.15) is 0 Å². The Labute approximate surface area is 146 Å². The first kappa shape index (κ1) is 17.0. The zero-order valence-electron chi connectivity index (χ0n) is 14.2. The number of hydrogen-bond acceptors (Lipinski definition) is 3. The number of nitrogens with one attached hydrogen (secondary N) is 3. The van der Waals surface area contributed by atoms with Gasteiger partial charge in [0, 0.05) is 48.6 Å². The third-order valence-corrected chi connectivity index (χ3v) is 3.85. The number of rotatable bonds is 7. The summed E-state index contributed by atoms with van der Waals surface area (Å²) in [7, 11) is 0. The molecule has 2 amide bonds. The van der Waals surface area contributed by atoms with E-state index in [0.29, 0.717) is 19.8 Å². The summed E-state index contributed by atoms with van der Waals surface area (Å²) in [5.41, 5.74) is 3.49. The monoisotopic (exact) mass is 338 g/mol. The zero-order chi connectivity index (χ0) is 17.5. The van der Waals surface area contributed by atoms with Gasteiger partial charge in [0.05, 0.1) is 11.4 Å². The standard InChI is InChI=1S/C19H22N4O2/c1-2-25-12-6-11-21-19(24)23-18-15-8-3-4-9-16(15)22-17(18)14-7-5-10-20-13-14/h3-5,7-10,13,22H,2,6,11-12H2,1H3,(H2,21,23,24). The Morgan fingerprint density at radius 1 is 1.24 bits per heavy atom. The highest BCUT2D eigenvalue weighted by Gasteiger charge is 2.15. The van der Waals surface area contributed by atoms with Crippen LogP contribution in [-0.2, 0) is 4.74 Å². The van der Waals surface area contributed by atoms with Gasteiger partial charge >= 0.3 is 6.03 Å². The molecular formula is C19H22N4O2. The Bertz CT molecular complexity index is 830. The molecule has 3 aromatic rings. The van der Waals surface area contributed by atoms with Crippen molar-refractivity contribution in [3.63, 3.8) is 0 Å². The maximum absolute atomic E-state index is 12.3. The fraction of sp³-hybridized carbons (Fsp3) is 0.263. The summed E-state index contributed by atoms with van der Waals surface area (Å²) in [6, 6.07) is 11.5. The number of urea groups is 1. The fourth-order valence-electron chi connectivity index (χ4n) is 2.68. The number of carbonyl (C=O) groups excluding carboxylic acids is 1. The van der Waals surface area contributed by atoms with Crippen molar-refractivity contribution in [3.8, 4) is 11.3 Å². The maximum atomic E-state index is 12.3. The van der Waals surface area contributed by atoms with E-state index in [0.717, 1.165) is 34.3 Å². The number of ether oxygens (including phenoxy) is 1. The van der Waals surface area contributed by atoms with E-state index in [4.69, 9.17) is 4.74 Å². The average Bonchev–Trinajstić information content (AvgIpc) is 3.01. The van der Waals surface area contributed by atoms with Crippen LogP contribution >= 0.6 is 0 Å². The molecule has 0 unspecified atom stereocenters. The number of benzene rings is 1. The first-order chi connectivity index (χ1) is 12.3. The highest BCUT2D eigenvalue weighted by Crippen LogP contribution is 2.34. The molecule has 0 atom stereocenters. The number of carbonyl (C=O) groups is 1. The second-order valence-corrected chi connectivity index (χ2v) is 5.59. The lowest BCUT2D eigenvalue weighted by Crippen LogP contribution is -2.30. The Morgan fingerprint density at radius 3 is 2.92 bits per heavy atom. The van der Waals surface area contributed by atoms with E-state index in [-0.39, 0.29) is 6.03 Å². The van der Waals surface area contributed by atoms with E-state index in [1.165, 1.54) is 0 Å². The van der Waals surface area contributed by atoms with E-state index in [2.05, 4.69) is 20.6 Å². The molecular weight excluding hydrogens is 316 g/mol. The lowest BCUT2D eigenvalue weighted by Gasteiger charge is -2.09. The van der Waals surface area contributed by atoms with Crippen LogP contribution in [0.3, 0.4) is 0 Å². The van der Waals surface area contributed by atoms with E-state index >= 15 is 0 Å². The Hall–Kier alpha value is -2.86. The number of fused-ring (bicyclic) bond motifs is 1. The number of H-pyrrole nitrogens is 1. The summed E-state index contributed by atoms with van der Waals surface area (Å²) < 4.78 is 5.27. The van der Waals surface area contributed by atoms with Crippen molar-refractivity contribution in [1.82, 2.24) is 15.3 Å². The lowest BCUT2D eigenvalue weighted by molar-refractivity contribution is 0.145. The minimum atomic E-state index is -0.230. The second-order valence-electron chi connectivity index (χ2n) is 5.59. The lowest BCUT2D eigenvalue weighted by atomic mass is 10.1. The van der Waals surface area contributed by atoms with E-state index in [1.54, 1.807) is 12.4 Å². The Kier molecular flexibility index (Phi) is 5.64. The summed E-state index contributed by atoms with van der Waals surface area (Å²) in [6.07, 6.45) is 4.28. The normalized spacial score (nSPS) is 10.8. The van der Waals surface area contributed by atoms with Crippen molar-refractivity contribution in [3.05, 3.63) is 48.8 Å². The van der Waals surface area contributed by atoms with Crippen LogP contribution in [0.2, 0.25) is 0 Å². The van der Waals surface area contributed by atoms with Crippen molar-refractivity contribution in [1.29, 1.82) is 0 Å². The summed E-state index contributed by atoms with van der Waals surface area (Å²) in [5, 5.41) is 6.80. The SMILES string of the molecule is CCOCCCNC(=O)Nc1c(-c2cccnc2)[nH]c2ccccc12. The van der Waals surface area contributed by atoms with Crippen LogP contribution in [-0.4, -0.2) is 35.8 Å². The van der Waals surface area contributed by atoms with Gasteiger partial charge in [-0.25, -0.2) is 4.79 Å². The van der Waals surface area contributed by atoms with Gasteiger partial charge in [-0.05, 0) is 31.5 Å². The number of hydrogen-bond donors (Lipinski definition) is 3. The number of anilines is 1. The van der Waals surface area contributed by atoms with Gasteiger partial charge in [-0.1, -0.05) is 18.2 Å². The molecule has 0 saturated heterocycles. The molecule has 0 radical (unpaired) electrons. The molecule has 0 saturated carbocycles. The predicted molar refractivity (Wildman–Crippen MR) is 99.7 cm³/mol. The number of aromatic amines is 1. The summed E-state index contributed by atoms with van der Waals surface area (Å²) in [5.74, 6) is 0.